The predicted molar refractivity (Wildman–Crippen MR) is 114 cm³/mol. The second-order valence-corrected chi connectivity index (χ2v) is 7.48. The molecule has 0 aliphatic carbocycles. The van der Waals surface area contributed by atoms with Gasteiger partial charge in [-0.15, -0.1) is 0 Å². The Hall–Kier alpha value is -3.12. The normalized spacial score (nSPS) is 14.6. The van der Waals surface area contributed by atoms with E-state index in [0.29, 0.717) is 10.7 Å². The van der Waals surface area contributed by atoms with E-state index < -0.39 is 0 Å². The molecule has 7 heteroatoms. The van der Waals surface area contributed by atoms with E-state index in [9.17, 15) is 4.39 Å². The molecule has 5 nitrogen and oxygen atoms in total. The first-order chi connectivity index (χ1) is 14.2. The number of hydrogen-bond donors (Lipinski definition) is 0. The van der Waals surface area contributed by atoms with Crippen LogP contribution < -0.4 is 9.80 Å². The highest BCUT2D eigenvalue weighted by Crippen LogP contribution is 2.27. The Labute approximate surface area is 173 Å². The average Bonchev–Trinajstić information content (AvgIpc) is 3.19. The smallest absolute Gasteiger partial charge is 0.154 e. The largest absolute Gasteiger partial charge is 0.366 e. The summed E-state index contributed by atoms with van der Waals surface area (Å²) in [7, 11) is 0. The lowest BCUT2D eigenvalue weighted by Gasteiger charge is -2.36. The lowest BCUT2D eigenvalue weighted by atomic mass is 10.1. The molecule has 4 aromatic rings. The quantitative estimate of drug-likeness (QED) is 0.500. The van der Waals surface area contributed by atoms with Crippen LogP contribution in [0.25, 0.3) is 16.8 Å². The second-order valence-electron chi connectivity index (χ2n) is 7.04. The van der Waals surface area contributed by atoms with Gasteiger partial charge in [0.2, 0.25) is 0 Å². The Morgan fingerprint density at radius 1 is 0.897 bits per heavy atom. The van der Waals surface area contributed by atoms with E-state index in [1.807, 2.05) is 47.1 Å². The Morgan fingerprint density at radius 2 is 1.62 bits per heavy atom. The fraction of sp³-hybridized carbons (Fsp3) is 0.182. The van der Waals surface area contributed by atoms with Crippen LogP contribution in [-0.4, -0.2) is 40.8 Å². The summed E-state index contributed by atoms with van der Waals surface area (Å²) in [4.78, 5) is 8.94. The second kappa shape index (κ2) is 7.37. The summed E-state index contributed by atoms with van der Waals surface area (Å²) >= 11 is 6.00. The van der Waals surface area contributed by atoms with Crippen molar-refractivity contribution in [1.29, 1.82) is 0 Å². The fourth-order valence-electron chi connectivity index (χ4n) is 3.78. The molecule has 0 atom stereocenters. The van der Waals surface area contributed by atoms with Crippen molar-refractivity contribution in [2.24, 2.45) is 0 Å². The van der Waals surface area contributed by atoms with Gasteiger partial charge in [0, 0.05) is 49.2 Å². The molecule has 0 spiro atoms. The van der Waals surface area contributed by atoms with E-state index >= 15 is 0 Å². The summed E-state index contributed by atoms with van der Waals surface area (Å²) < 4.78 is 16.0. The molecule has 0 bridgehead atoms. The highest BCUT2D eigenvalue weighted by atomic mass is 35.5. The molecule has 2 aromatic carbocycles. The number of fused-ring (bicyclic) bond motifs is 1. The van der Waals surface area contributed by atoms with Crippen molar-refractivity contribution in [3.8, 4) is 11.3 Å². The van der Waals surface area contributed by atoms with Gasteiger partial charge < -0.3 is 9.80 Å². The number of nitrogens with zero attached hydrogens (tertiary/aromatic N) is 5. The molecular weight excluding hydrogens is 389 g/mol. The van der Waals surface area contributed by atoms with Gasteiger partial charge in [0.1, 0.15) is 11.3 Å². The third-order valence-electron chi connectivity index (χ3n) is 5.28. The van der Waals surface area contributed by atoms with Crippen molar-refractivity contribution in [2.75, 3.05) is 36.0 Å². The number of halogens is 2. The van der Waals surface area contributed by atoms with Crippen molar-refractivity contribution in [3.63, 3.8) is 0 Å². The van der Waals surface area contributed by atoms with Crippen LogP contribution in [0.2, 0.25) is 5.02 Å². The first kappa shape index (κ1) is 17.9. The number of aromatic nitrogens is 3. The molecule has 0 N–H and O–H groups in total. The highest BCUT2D eigenvalue weighted by Gasteiger charge is 2.22. The molecule has 29 heavy (non-hydrogen) atoms. The lowest BCUT2D eigenvalue weighted by Crippen LogP contribution is -2.47. The summed E-state index contributed by atoms with van der Waals surface area (Å²) in [5, 5.41) is 5.39. The van der Waals surface area contributed by atoms with E-state index in [2.05, 4.69) is 25.9 Å². The maximum atomic E-state index is 14.1. The van der Waals surface area contributed by atoms with Gasteiger partial charge in [-0.3, -0.25) is 0 Å². The lowest BCUT2D eigenvalue weighted by molar-refractivity contribution is 0.596. The van der Waals surface area contributed by atoms with Crippen molar-refractivity contribution in [3.05, 3.63) is 77.8 Å². The highest BCUT2D eigenvalue weighted by molar-refractivity contribution is 6.30. The molecular formula is C22H19ClFN5. The van der Waals surface area contributed by atoms with Crippen molar-refractivity contribution in [2.45, 2.75) is 0 Å². The minimum atomic E-state index is -0.176. The monoisotopic (exact) mass is 407 g/mol. The molecule has 146 valence electrons. The molecule has 3 heterocycles. The molecule has 1 aliphatic rings. The molecule has 0 unspecified atom stereocenters. The molecule has 1 aliphatic heterocycles. The third kappa shape index (κ3) is 3.40. The van der Waals surface area contributed by atoms with E-state index in [1.54, 1.807) is 12.3 Å². The molecule has 0 amide bonds. The predicted octanol–water partition coefficient (Wildman–Crippen LogP) is 4.52. The van der Waals surface area contributed by atoms with Crippen LogP contribution in [0, 0.1) is 5.82 Å². The van der Waals surface area contributed by atoms with Gasteiger partial charge in [-0.2, -0.15) is 5.10 Å². The van der Waals surface area contributed by atoms with Crippen LogP contribution in [0.5, 0.6) is 0 Å². The zero-order chi connectivity index (χ0) is 19.8. The summed E-state index contributed by atoms with van der Waals surface area (Å²) in [6.45, 7) is 3.01. The number of para-hydroxylation sites is 1. The van der Waals surface area contributed by atoms with Gasteiger partial charge in [-0.05, 0) is 30.3 Å². The summed E-state index contributed by atoms with van der Waals surface area (Å²) in [5.74, 6) is 0.720. The van der Waals surface area contributed by atoms with Crippen LogP contribution in [0.15, 0.2) is 67.0 Å². The SMILES string of the molecule is Fc1ccccc1N1CCN(c2nccn3nc(-c4ccc(Cl)cc4)cc23)CC1. The van der Waals surface area contributed by atoms with Gasteiger partial charge in [-0.25, -0.2) is 13.9 Å². The molecule has 1 saturated heterocycles. The van der Waals surface area contributed by atoms with Gasteiger partial charge in [0.05, 0.1) is 11.4 Å². The first-order valence-electron chi connectivity index (χ1n) is 9.54. The topological polar surface area (TPSA) is 36.7 Å². The van der Waals surface area contributed by atoms with E-state index in [1.165, 1.54) is 6.07 Å². The summed E-state index contributed by atoms with van der Waals surface area (Å²) in [6, 6.07) is 16.6. The van der Waals surface area contributed by atoms with E-state index in [0.717, 1.165) is 48.8 Å². The number of rotatable bonds is 3. The molecule has 0 radical (unpaired) electrons. The molecule has 0 saturated carbocycles. The van der Waals surface area contributed by atoms with E-state index in [-0.39, 0.29) is 5.82 Å². The third-order valence-corrected chi connectivity index (χ3v) is 5.53. The molecule has 5 rings (SSSR count). The minimum absolute atomic E-state index is 0.176. The van der Waals surface area contributed by atoms with Crippen molar-refractivity contribution >= 4 is 28.6 Å². The zero-order valence-corrected chi connectivity index (χ0v) is 16.4. The fourth-order valence-corrected chi connectivity index (χ4v) is 3.91. The van der Waals surface area contributed by atoms with Gasteiger partial charge in [0.25, 0.3) is 0 Å². The zero-order valence-electron chi connectivity index (χ0n) is 15.7. The van der Waals surface area contributed by atoms with Gasteiger partial charge >= 0.3 is 0 Å². The maximum Gasteiger partial charge on any atom is 0.154 e. The van der Waals surface area contributed by atoms with Gasteiger partial charge in [-0.1, -0.05) is 35.9 Å². The van der Waals surface area contributed by atoms with Crippen molar-refractivity contribution in [1.82, 2.24) is 14.6 Å². The maximum absolute atomic E-state index is 14.1. The minimum Gasteiger partial charge on any atom is -0.366 e. The van der Waals surface area contributed by atoms with Crippen LogP contribution in [0.3, 0.4) is 0 Å². The summed E-state index contributed by atoms with van der Waals surface area (Å²) in [6.07, 6.45) is 3.62. The number of anilines is 2. The van der Waals surface area contributed by atoms with Gasteiger partial charge in [0.15, 0.2) is 5.82 Å². The van der Waals surface area contributed by atoms with Crippen LogP contribution in [0.4, 0.5) is 15.9 Å². The first-order valence-corrected chi connectivity index (χ1v) is 9.91. The number of piperazine rings is 1. The Kier molecular flexibility index (Phi) is 4.56. The van der Waals surface area contributed by atoms with Crippen LogP contribution >= 0.6 is 11.6 Å². The van der Waals surface area contributed by atoms with Crippen LogP contribution in [0.1, 0.15) is 0 Å². The Morgan fingerprint density at radius 3 is 2.38 bits per heavy atom. The standard InChI is InChI=1S/C22H19ClFN5/c23-17-7-5-16(6-8-17)19-15-21-22(25-9-10-29(21)26-19)28-13-11-27(12-14-28)20-4-2-1-3-18(20)24/h1-10,15H,11-14H2. The average molecular weight is 408 g/mol. The summed E-state index contributed by atoms with van der Waals surface area (Å²) in [5.41, 5.74) is 3.50. The van der Waals surface area contributed by atoms with E-state index in [4.69, 9.17) is 11.6 Å². The molecule has 1 fully saturated rings. The Balaban J connectivity index is 1.41. The van der Waals surface area contributed by atoms with Crippen molar-refractivity contribution < 1.29 is 4.39 Å². The van der Waals surface area contributed by atoms with Crippen LogP contribution in [-0.2, 0) is 0 Å². The number of benzene rings is 2. The Bertz CT molecular complexity index is 1150. The molecule has 2 aromatic heterocycles. The number of hydrogen-bond acceptors (Lipinski definition) is 4.